The molecule has 0 unspecified atom stereocenters. The highest BCUT2D eigenvalue weighted by atomic mass is 32.2. The second-order valence-corrected chi connectivity index (χ2v) is 10.2. The summed E-state index contributed by atoms with van der Waals surface area (Å²) in [5, 5.41) is 0. The van der Waals surface area contributed by atoms with Crippen molar-refractivity contribution < 1.29 is 28.6 Å². The van der Waals surface area contributed by atoms with Crippen LogP contribution in [0.5, 0.6) is 0 Å². The molecule has 0 bridgehead atoms. The number of hydrogen-bond acceptors (Lipinski definition) is 7. The van der Waals surface area contributed by atoms with Crippen LogP contribution in [0.3, 0.4) is 0 Å². The van der Waals surface area contributed by atoms with Gasteiger partial charge in [0.05, 0.1) is 11.5 Å². The number of carbonyl (C=O) groups excluding carboxylic acids is 3. The number of thioether (sulfide) groups is 1. The van der Waals surface area contributed by atoms with Gasteiger partial charge in [-0.2, -0.15) is 0 Å². The van der Waals surface area contributed by atoms with E-state index in [0.29, 0.717) is 11.1 Å². The Labute approximate surface area is 236 Å². The minimum absolute atomic E-state index is 0.0423. The molecule has 1 aliphatic heterocycles. The van der Waals surface area contributed by atoms with Crippen molar-refractivity contribution in [3.63, 3.8) is 0 Å². The Morgan fingerprint density at radius 3 is 1.85 bits per heavy atom. The van der Waals surface area contributed by atoms with Gasteiger partial charge < -0.3 is 14.2 Å². The molecule has 6 nitrogen and oxygen atoms in total. The van der Waals surface area contributed by atoms with Crippen molar-refractivity contribution in [1.82, 2.24) is 0 Å². The maximum atomic E-state index is 13.8. The van der Waals surface area contributed by atoms with Crippen LogP contribution in [0.15, 0.2) is 138 Å². The average molecular weight is 551 g/mol. The fourth-order valence-electron chi connectivity index (χ4n) is 4.21. The lowest BCUT2D eigenvalue weighted by atomic mass is 9.90. The highest BCUT2D eigenvalue weighted by Crippen LogP contribution is 2.38. The Kier molecular flexibility index (Phi) is 8.73. The molecular weight excluding hydrogens is 524 g/mol. The summed E-state index contributed by atoms with van der Waals surface area (Å²) in [5.41, 5.74) is 0.673. The fourth-order valence-corrected chi connectivity index (χ4v) is 5.30. The first-order valence-electron chi connectivity index (χ1n) is 12.7. The van der Waals surface area contributed by atoms with Crippen LogP contribution in [0, 0.1) is 5.92 Å². The van der Waals surface area contributed by atoms with E-state index in [1.54, 1.807) is 54.6 Å². The number of carbonyl (C=O) groups is 3. The van der Waals surface area contributed by atoms with Gasteiger partial charge in [-0.15, -0.1) is 0 Å². The van der Waals surface area contributed by atoms with E-state index in [4.69, 9.17) is 14.2 Å². The zero-order valence-electron chi connectivity index (χ0n) is 21.4. The molecule has 0 spiro atoms. The third kappa shape index (κ3) is 6.68. The first-order chi connectivity index (χ1) is 19.6. The molecular formula is C33H26O6S. The van der Waals surface area contributed by atoms with E-state index in [2.05, 4.69) is 0 Å². The lowest BCUT2D eigenvalue weighted by Crippen LogP contribution is -2.44. The van der Waals surface area contributed by atoms with Gasteiger partial charge in [-0.3, -0.25) is 4.79 Å². The molecule has 4 aromatic rings. The number of rotatable bonds is 9. The number of esters is 2. The van der Waals surface area contributed by atoms with Crippen molar-refractivity contribution >= 4 is 29.5 Å². The molecule has 1 aliphatic rings. The van der Waals surface area contributed by atoms with Crippen LogP contribution in [0.25, 0.3) is 0 Å². The van der Waals surface area contributed by atoms with E-state index in [-0.39, 0.29) is 18.1 Å². The zero-order valence-corrected chi connectivity index (χ0v) is 22.2. The van der Waals surface area contributed by atoms with E-state index in [9.17, 15) is 14.4 Å². The Bertz CT molecular complexity index is 1470. The molecule has 0 fully saturated rings. The minimum Gasteiger partial charge on any atom is -0.468 e. The predicted octanol–water partition coefficient (Wildman–Crippen LogP) is 6.49. The normalized spacial score (nSPS) is 18.1. The van der Waals surface area contributed by atoms with Crippen molar-refractivity contribution in [1.29, 1.82) is 0 Å². The van der Waals surface area contributed by atoms with E-state index < -0.39 is 29.4 Å². The van der Waals surface area contributed by atoms with Gasteiger partial charge in [-0.05, 0) is 35.9 Å². The highest BCUT2D eigenvalue weighted by molar-refractivity contribution is 7.99. The lowest BCUT2D eigenvalue weighted by molar-refractivity contribution is -0.146. The van der Waals surface area contributed by atoms with Crippen LogP contribution < -0.4 is 0 Å². The fraction of sp³-hybridized carbons (Fsp3) is 0.121. The van der Waals surface area contributed by atoms with Crippen molar-refractivity contribution in [2.75, 3.05) is 0 Å². The first-order valence-corrected chi connectivity index (χ1v) is 13.6. The number of benzene rings is 4. The molecule has 4 aromatic carbocycles. The van der Waals surface area contributed by atoms with Gasteiger partial charge in [0.2, 0.25) is 5.76 Å². The van der Waals surface area contributed by atoms with Crippen molar-refractivity contribution in [2.24, 2.45) is 5.92 Å². The summed E-state index contributed by atoms with van der Waals surface area (Å²) in [6.07, 6.45) is 0.379. The van der Waals surface area contributed by atoms with Gasteiger partial charge in [0.15, 0.2) is 17.3 Å². The summed E-state index contributed by atoms with van der Waals surface area (Å²) in [6.45, 7) is 0.0423. The van der Waals surface area contributed by atoms with Crippen LogP contribution in [-0.4, -0.2) is 29.3 Å². The second-order valence-electron chi connectivity index (χ2n) is 9.00. The van der Waals surface area contributed by atoms with Crippen LogP contribution in [0.4, 0.5) is 0 Å². The second kappa shape index (κ2) is 13.0. The molecule has 5 rings (SSSR count). The maximum absolute atomic E-state index is 13.8. The maximum Gasteiger partial charge on any atom is 0.373 e. The quantitative estimate of drug-likeness (QED) is 0.174. The largest absolute Gasteiger partial charge is 0.468 e. The van der Waals surface area contributed by atoms with Crippen LogP contribution in [-0.2, 0) is 25.6 Å². The summed E-state index contributed by atoms with van der Waals surface area (Å²) in [4.78, 5) is 41.0. The minimum atomic E-state index is -1.03. The SMILES string of the molecule is O=C(OCc1ccccc1)C1=C[C@H](C(=O)c2ccccc2)[C@H](OC(=O)c2ccccc2)[C@@H](Sc2ccccc2)O1. The van der Waals surface area contributed by atoms with Gasteiger partial charge in [0.25, 0.3) is 0 Å². The van der Waals surface area contributed by atoms with E-state index >= 15 is 0 Å². The number of ketones is 1. The topological polar surface area (TPSA) is 78.9 Å². The summed E-state index contributed by atoms with van der Waals surface area (Å²) in [5.74, 6) is -2.71. The Hall–Kier alpha value is -4.62. The summed E-state index contributed by atoms with van der Waals surface area (Å²) < 4.78 is 17.6. The summed E-state index contributed by atoms with van der Waals surface area (Å²) in [7, 11) is 0. The van der Waals surface area contributed by atoms with Crippen LogP contribution >= 0.6 is 11.8 Å². The number of hydrogen-bond donors (Lipinski definition) is 0. The predicted molar refractivity (Wildman–Crippen MR) is 151 cm³/mol. The molecule has 7 heteroatoms. The Balaban J connectivity index is 1.49. The van der Waals surface area contributed by atoms with E-state index in [0.717, 1.165) is 10.5 Å². The number of ether oxygens (including phenoxy) is 3. The summed E-state index contributed by atoms with van der Waals surface area (Å²) in [6, 6.07) is 35.9. The van der Waals surface area contributed by atoms with Gasteiger partial charge in [0.1, 0.15) is 6.61 Å². The first kappa shape index (κ1) is 27.0. The molecule has 40 heavy (non-hydrogen) atoms. The van der Waals surface area contributed by atoms with Crippen molar-refractivity contribution in [2.45, 2.75) is 23.0 Å². The molecule has 0 radical (unpaired) electrons. The van der Waals surface area contributed by atoms with Gasteiger partial charge in [-0.25, -0.2) is 9.59 Å². The van der Waals surface area contributed by atoms with Crippen molar-refractivity contribution in [3.05, 3.63) is 150 Å². The molecule has 200 valence electrons. The highest BCUT2D eigenvalue weighted by Gasteiger charge is 2.44. The zero-order chi connectivity index (χ0) is 27.7. The monoisotopic (exact) mass is 550 g/mol. The standard InChI is InChI=1S/C33H26O6S/c34-29(24-15-7-2-8-16-24)27-21-28(32(36)37-22-23-13-5-1-6-14-23)38-33(40-26-19-11-4-12-20-26)30(27)39-31(35)25-17-9-3-10-18-25/h1-21,27,30,33H,22H2/t27-,30+,33-/m1/s1. The average Bonchev–Trinajstić information content (AvgIpc) is 3.02. The lowest BCUT2D eigenvalue weighted by Gasteiger charge is -2.35. The third-order valence-electron chi connectivity index (χ3n) is 6.22. The van der Waals surface area contributed by atoms with E-state index in [1.807, 2.05) is 66.7 Å². The van der Waals surface area contributed by atoms with Gasteiger partial charge >= 0.3 is 11.9 Å². The summed E-state index contributed by atoms with van der Waals surface area (Å²) >= 11 is 1.26. The molecule has 0 aliphatic carbocycles. The van der Waals surface area contributed by atoms with E-state index in [1.165, 1.54) is 17.8 Å². The van der Waals surface area contributed by atoms with Crippen LogP contribution in [0.2, 0.25) is 0 Å². The molecule has 0 saturated heterocycles. The van der Waals surface area contributed by atoms with Crippen molar-refractivity contribution in [3.8, 4) is 0 Å². The third-order valence-corrected chi connectivity index (χ3v) is 7.36. The Morgan fingerprint density at radius 1 is 0.675 bits per heavy atom. The molecule has 3 atom stereocenters. The number of Topliss-reactive ketones (excluding diaryl/α,β-unsaturated/α-hetero) is 1. The molecule has 0 saturated carbocycles. The molecule has 0 aromatic heterocycles. The molecule has 0 amide bonds. The molecule has 0 N–H and O–H groups in total. The molecule has 1 heterocycles. The smallest absolute Gasteiger partial charge is 0.373 e. The Morgan fingerprint density at radius 2 is 1.23 bits per heavy atom. The van der Waals surface area contributed by atoms with Gasteiger partial charge in [0, 0.05) is 10.5 Å². The van der Waals surface area contributed by atoms with Crippen LogP contribution in [0.1, 0.15) is 26.3 Å². The van der Waals surface area contributed by atoms with Gasteiger partial charge in [-0.1, -0.05) is 109 Å².